The molecule has 0 unspecified atom stereocenters. The number of rotatable bonds is 5. The molecule has 0 N–H and O–H groups in total. The van der Waals surface area contributed by atoms with Gasteiger partial charge in [0.05, 0.1) is 17.7 Å². The minimum atomic E-state index is -0.0921. The Morgan fingerprint density at radius 3 is 2.54 bits per heavy atom. The van der Waals surface area contributed by atoms with E-state index < -0.39 is 0 Å². The molecule has 6 heteroatoms. The summed E-state index contributed by atoms with van der Waals surface area (Å²) >= 11 is 6.21. The maximum atomic E-state index is 12.7. The summed E-state index contributed by atoms with van der Waals surface area (Å²) in [5.41, 5.74) is 0.475. The summed E-state index contributed by atoms with van der Waals surface area (Å²) in [6.07, 6.45) is 3.31. The zero-order valence-electron chi connectivity index (χ0n) is 14.4. The van der Waals surface area contributed by atoms with Gasteiger partial charge in [-0.15, -0.1) is 0 Å². The quantitative estimate of drug-likeness (QED) is 0.817. The van der Waals surface area contributed by atoms with Gasteiger partial charge in [0.2, 0.25) is 5.91 Å². The smallest absolute Gasteiger partial charge is 0.255 e. The van der Waals surface area contributed by atoms with E-state index in [1.54, 1.807) is 30.2 Å². The average Bonchev–Trinajstić information content (AvgIpc) is 2.85. The van der Waals surface area contributed by atoms with Crippen molar-refractivity contribution in [2.24, 2.45) is 0 Å². The molecule has 132 valence electrons. The largest absolute Gasteiger partial charge is 0.497 e. The second-order valence-corrected chi connectivity index (χ2v) is 6.38. The van der Waals surface area contributed by atoms with Crippen LogP contribution < -0.4 is 4.74 Å². The van der Waals surface area contributed by atoms with Crippen LogP contribution in [-0.4, -0.2) is 54.9 Å². The molecule has 1 aliphatic rings. The van der Waals surface area contributed by atoms with Gasteiger partial charge in [-0.2, -0.15) is 0 Å². The van der Waals surface area contributed by atoms with Crippen LogP contribution in [0.15, 0.2) is 18.2 Å². The van der Waals surface area contributed by atoms with Gasteiger partial charge in [0, 0.05) is 32.6 Å². The fourth-order valence-electron chi connectivity index (χ4n) is 2.82. The Morgan fingerprint density at radius 1 is 1.17 bits per heavy atom. The van der Waals surface area contributed by atoms with Crippen LogP contribution in [0.25, 0.3) is 0 Å². The number of hydrogen-bond donors (Lipinski definition) is 0. The van der Waals surface area contributed by atoms with Crippen LogP contribution in [0.2, 0.25) is 5.02 Å². The lowest BCUT2D eigenvalue weighted by Crippen LogP contribution is -2.37. The molecular formula is C18H25ClN2O3. The van der Waals surface area contributed by atoms with E-state index in [2.05, 4.69) is 6.92 Å². The maximum Gasteiger partial charge on any atom is 0.255 e. The van der Waals surface area contributed by atoms with Gasteiger partial charge in [-0.05, 0) is 31.0 Å². The van der Waals surface area contributed by atoms with Crippen LogP contribution >= 0.6 is 11.6 Å². The van der Waals surface area contributed by atoms with E-state index >= 15 is 0 Å². The van der Waals surface area contributed by atoms with Gasteiger partial charge in [-0.3, -0.25) is 9.59 Å². The minimum absolute atomic E-state index is 0.0921. The second-order valence-electron chi connectivity index (χ2n) is 5.98. The Morgan fingerprint density at radius 2 is 1.88 bits per heavy atom. The Labute approximate surface area is 148 Å². The van der Waals surface area contributed by atoms with Crippen LogP contribution in [0.1, 0.15) is 43.0 Å². The molecule has 0 spiro atoms. The standard InChI is InChI=1S/C18H25ClN2O3/c1-3-4-6-17(22)20-9-5-10-21(12-11-20)18(23)15-8-7-14(24-2)13-16(15)19/h7-8,13H,3-6,9-12H2,1-2H3. The van der Waals surface area contributed by atoms with E-state index in [0.29, 0.717) is 48.9 Å². The third kappa shape index (κ3) is 4.63. The first kappa shape index (κ1) is 18.6. The Balaban J connectivity index is 2.00. The van der Waals surface area contributed by atoms with E-state index in [9.17, 15) is 9.59 Å². The second kappa shape index (κ2) is 8.92. The normalized spacial score (nSPS) is 15.1. The topological polar surface area (TPSA) is 49.9 Å². The van der Waals surface area contributed by atoms with Crippen LogP contribution in [0, 0.1) is 0 Å². The van der Waals surface area contributed by atoms with Crippen LogP contribution in [0.4, 0.5) is 0 Å². The van der Waals surface area contributed by atoms with Gasteiger partial charge in [-0.1, -0.05) is 24.9 Å². The predicted octanol–water partition coefficient (Wildman–Crippen LogP) is 3.21. The van der Waals surface area contributed by atoms with E-state index in [1.165, 1.54) is 0 Å². The fraction of sp³-hybridized carbons (Fsp3) is 0.556. The third-order valence-electron chi connectivity index (χ3n) is 4.29. The van der Waals surface area contributed by atoms with E-state index in [-0.39, 0.29) is 11.8 Å². The number of ether oxygens (including phenoxy) is 1. The predicted molar refractivity (Wildman–Crippen MR) is 94.6 cm³/mol. The molecule has 1 fully saturated rings. The molecule has 24 heavy (non-hydrogen) atoms. The molecule has 0 saturated carbocycles. The van der Waals surface area contributed by atoms with Crippen molar-refractivity contribution in [3.05, 3.63) is 28.8 Å². The summed E-state index contributed by atoms with van der Waals surface area (Å²) in [5, 5.41) is 0.388. The first-order valence-electron chi connectivity index (χ1n) is 8.47. The summed E-state index contributed by atoms with van der Waals surface area (Å²) in [5.74, 6) is 0.722. The molecule has 2 rings (SSSR count). The first-order valence-corrected chi connectivity index (χ1v) is 8.85. The van der Waals surface area contributed by atoms with Gasteiger partial charge in [-0.25, -0.2) is 0 Å². The zero-order valence-corrected chi connectivity index (χ0v) is 15.1. The highest BCUT2D eigenvalue weighted by atomic mass is 35.5. The molecule has 0 aliphatic carbocycles. The molecule has 0 atom stereocenters. The number of hydrogen-bond acceptors (Lipinski definition) is 3. The van der Waals surface area contributed by atoms with Gasteiger partial charge in [0.25, 0.3) is 5.91 Å². The summed E-state index contributed by atoms with van der Waals surface area (Å²) in [4.78, 5) is 28.5. The van der Waals surface area contributed by atoms with Crippen molar-refractivity contribution in [3.63, 3.8) is 0 Å². The van der Waals surface area contributed by atoms with Crippen molar-refractivity contribution >= 4 is 23.4 Å². The Bertz CT molecular complexity index is 592. The third-order valence-corrected chi connectivity index (χ3v) is 4.60. The Kier molecular flexibility index (Phi) is 6.91. The van der Waals surface area contributed by atoms with Gasteiger partial charge < -0.3 is 14.5 Å². The average molecular weight is 353 g/mol. The summed E-state index contributed by atoms with van der Waals surface area (Å²) in [6.45, 7) is 4.55. The number of nitrogens with zero attached hydrogens (tertiary/aromatic N) is 2. The summed E-state index contributed by atoms with van der Waals surface area (Å²) in [7, 11) is 1.56. The van der Waals surface area contributed by atoms with Crippen molar-refractivity contribution in [2.45, 2.75) is 32.6 Å². The molecule has 0 radical (unpaired) electrons. The van der Waals surface area contributed by atoms with Crippen molar-refractivity contribution in [2.75, 3.05) is 33.3 Å². The number of unbranched alkanes of at least 4 members (excludes halogenated alkanes) is 1. The summed E-state index contributed by atoms with van der Waals surface area (Å²) < 4.78 is 5.11. The SMILES string of the molecule is CCCCC(=O)N1CCCN(C(=O)c2ccc(OC)cc2Cl)CC1. The molecule has 1 aromatic rings. The lowest BCUT2D eigenvalue weighted by molar-refractivity contribution is -0.131. The van der Waals surface area contributed by atoms with Crippen LogP contribution in [0.5, 0.6) is 5.75 Å². The van der Waals surface area contributed by atoms with E-state index in [0.717, 1.165) is 19.3 Å². The molecular weight excluding hydrogens is 328 g/mol. The van der Waals surface area contributed by atoms with Crippen LogP contribution in [-0.2, 0) is 4.79 Å². The van der Waals surface area contributed by atoms with Gasteiger partial charge in [0.15, 0.2) is 0 Å². The fourth-order valence-corrected chi connectivity index (χ4v) is 3.07. The molecule has 5 nitrogen and oxygen atoms in total. The number of benzene rings is 1. The molecule has 0 bridgehead atoms. The lowest BCUT2D eigenvalue weighted by atomic mass is 10.2. The van der Waals surface area contributed by atoms with E-state index in [1.807, 2.05) is 4.90 Å². The molecule has 1 saturated heterocycles. The van der Waals surface area contributed by atoms with Gasteiger partial charge >= 0.3 is 0 Å². The van der Waals surface area contributed by atoms with Crippen LogP contribution in [0.3, 0.4) is 0 Å². The van der Waals surface area contributed by atoms with E-state index in [4.69, 9.17) is 16.3 Å². The van der Waals surface area contributed by atoms with Crippen molar-refractivity contribution in [1.82, 2.24) is 9.80 Å². The highest BCUT2D eigenvalue weighted by Gasteiger charge is 2.23. The molecule has 0 aromatic heterocycles. The molecule has 2 amide bonds. The number of methoxy groups -OCH3 is 1. The number of carbonyl (C=O) groups is 2. The molecule has 1 aromatic carbocycles. The highest BCUT2D eigenvalue weighted by Crippen LogP contribution is 2.24. The number of amides is 2. The monoisotopic (exact) mass is 352 g/mol. The van der Waals surface area contributed by atoms with Gasteiger partial charge in [0.1, 0.15) is 5.75 Å². The minimum Gasteiger partial charge on any atom is -0.497 e. The Hall–Kier alpha value is -1.75. The summed E-state index contributed by atoms with van der Waals surface area (Å²) in [6, 6.07) is 5.07. The highest BCUT2D eigenvalue weighted by molar-refractivity contribution is 6.34. The number of carbonyl (C=O) groups excluding carboxylic acids is 2. The molecule has 1 heterocycles. The van der Waals surface area contributed by atoms with Crippen molar-refractivity contribution in [3.8, 4) is 5.75 Å². The molecule has 1 aliphatic heterocycles. The first-order chi connectivity index (χ1) is 11.6. The van der Waals surface area contributed by atoms with Crippen molar-refractivity contribution < 1.29 is 14.3 Å². The number of halogens is 1. The van der Waals surface area contributed by atoms with Crippen molar-refractivity contribution in [1.29, 1.82) is 0 Å². The maximum absolute atomic E-state index is 12.7. The zero-order chi connectivity index (χ0) is 17.5. The lowest BCUT2D eigenvalue weighted by Gasteiger charge is -2.22.